The van der Waals surface area contributed by atoms with Gasteiger partial charge in [-0.2, -0.15) is 0 Å². The first-order valence-electron chi connectivity index (χ1n) is 6.86. The van der Waals surface area contributed by atoms with Crippen molar-refractivity contribution in [2.45, 2.75) is 45.3 Å². The van der Waals surface area contributed by atoms with Crippen LogP contribution in [0.2, 0.25) is 0 Å². The highest BCUT2D eigenvalue weighted by molar-refractivity contribution is 5.99. The summed E-state index contributed by atoms with van der Waals surface area (Å²) in [6.45, 7) is 4.84. The SMILES string of the molecule is CCC1(C)C(=O)NC(C)C(=O)N1Cc1cccc(F)c1F. The molecule has 1 aliphatic heterocycles. The Morgan fingerprint density at radius 3 is 2.62 bits per heavy atom. The fourth-order valence-corrected chi connectivity index (χ4v) is 2.46. The van der Waals surface area contributed by atoms with Crippen LogP contribution < -0.4 is 5.32 Å². The summed E-state index contributed by atoms with van der Waals surface area (Å²) in [6.07, 6.45) is 0.383. The zero-order chi connectivity index (χ0) is 15.8. The summed E-state index contributed by atoms with van der Waals surface area (Å²) in [7, 11) is 0. The van der Waals surface area contributed by atoms with Gasteiger partial charge in [0.1, 0.15) is 11.6 Å². The number of amides is 2. The molecule has 2 amide bonds. The molecule has 1 heterocycles. The van der Waals surface area contributed by atoms with Gasteiger partial charge in [0.15, 0.2) is 11.6 Å². The molecule has 2 rings (SSSR count). The molecular weight excluding hydrogens is 278 g/mol. The Kier molecular flexibility index (Phi) is 3.98. The molecule has 4 nitrogen and oxygen atoms in total. The van der Waals surface area contributed by atoms with Crippen LogP contribution in [-0.4, -0.2) is 28.3 Å². The van der Waals surface area contributed by atoms with E-state index in [-0.39, 0.29) is 23.9 Å². The van der Waals surface area contributed by atoms with E-state index in [1.54, 1.807) is 20.8 Å². The third-order valence-corrected chi connectivity index (χ3v) is 4.12. The molecule has 0 spiro atoms. The summed E-state index contributed by atoms with van der Waals surface area (Å²) in [5.41, 5.74) is -1.01. The second-order valence-electron chi connectivity index (χ2n) is 5.46. The van der Waals surface area contributed by atoms with Crippen molar-refractivity contribution in [3.05, 3.63) is 35.4 Å². The van der Waals surface area contributed by atoms with Crippen molar-refractivity contribution in [2.75, 3.05) is 0 Å². The monoisotopic (exact) mass is 296 g/mol. The number of halogens is 2. The van der Waals surface area contributed by atoms with Gasteiger partial charge in [0.25, 0.3) is 0 Å². The van der Waals surface area contributed by atoms with E-state index < -0.39 is 23.2 Å². The summed E-state index contributed by atoms with van der Waals surface area (Å²) in [4.78, 5) is 25.9. The van der Waals surface area contributed by atoms with Crippen molar-refractivity contribution in [1.82, 2.24) is 10.2 Å². The molecule has 1 aromatic carbocycles. The Bertz CT molecular complexity index is 591. The Morgan fingerprint density at radius 1 is 1.33 bits per heavy atom. The molecule has 0 saturated carbocycles. The first-order chi connectivity index (χ1) is 9.81. The minimum absolute atomic E-state index is 0.0601. The number of carbonyl (C=O) groups is 2. The summed E-state index contributed by atoms with van der Waals surface area (Å²) in [5.74, 6) is -2.54. The molecule has 0 radical (unpaired) electrons. The molecule has 1 fully saturated rings. The van der Waals surface area contributed by atoms with Crippen LogP contribution in [0.3, 0.4) is 0 Å². The quantitative estimate of drug-likeness (QED) is 0.927. The maximum absolute atomic E-state index is 13.8. The van der Waals surface area contributed by atoms with Crippen LogP contribution in [0.1, 0.15) is 32.8 Å². The predicted molar refractivity (Wildman–Crippen MR) is 73.2 cm³/mol. The summed E-state index contributed by atoms with van der Waals surface area (Å²) >= 11 is 0. The third kappa shape index (κ3) is 2.50. The maximum atomic E-state index is 13.8. The van der Waals surface area contributed by atoms with Crippen LogP contribution >= 0.6 is 0 Å². The average Bonchev–Trinajstić information content (AvgIpc) is 2.45. The summed E-state index contributed by atoms with van der Waals surface area (Å²) in [5, 5.41) is 2.61. The smallest absolute Gasteiger partial charge is 0.246 e. The molecule has 1 saturated heterocycles. The van der Waals surface area contributed by atoms with Crippen molar-refractivity contribution in [3.8, 4) is 0 Å². The normalized spacial score (nSPS) is 26.0. The molecule has 1 aromatic rings. The van der Waals surface area contributed by atoms with E-state index in [9.17, 15) is 18.4 Å². The minimum atomic E-state index is -1.07. The summed E-state index contributed by atoms with van der Waals surface area (Å²) < 4.78 is 27.1. The summed E-state index contributed by atoms with van der Waals surface area (Å²) in [6, 6.07) is 3.15. The van der Waals surface area contributed by atoms with E-state index in [1.807, 2.05) is 0 Å². The lowest BCUT2D eigenvalue weighted by atomic mass is 9.90. The van der Waals surface area contributed by atoms with E-state index in [2.05, 4.69) is 5.32 Å². The first-order valence-corrected chi connectivity index (χ1v) is 6.86. The minimum Gasteiger partial charge on any atom is -0.343 e. The zero-order valence-electron chi connectivity index (χ0n) is 12.2. The van der Waals surface area contributed by atoms with Crippen LogP contribution in [-0.2, 0) is 16.1 Å². The fraction of sp³-hybridized carbons (Fsp3) is 0.467. The highest BCUT2D eigenvalue weighted by Gasteiger charge is 2.47. The van der Waals surface area contributed by atoms with Gasteiger partial charge in [-0.05, 0) is 26.3 Å². The lowest BCUT2D eigenvalue weighted by Gasteiger charge is -2.45. The van der Waals surface area contributed by atoms with Gasteiger partial charge in [-0.15, -0.1) is 0 Å². The number of hydrogen-bond acceptors (Lipinski definition) is 2. The van der Waals surface area contributed by atoms with Crippen molar-refractivity contribution in [1.29, 1.82) is 0 Å². The van der Waals surface area contributed by atoms with E-state index in [1.165, 1.54) is 17.0 Å². The molecule has 1 N–H and O–H groups in total. The average molecular weight is 296 g/mol. The number of rotatable bonds is 3. The van der Waals surface area contributed by atoms with Gasteiger partial charge in [-0.1, -0.05) is 19.1 Å². The van der Waals surface area contributed by atoms with Gasteiger partial charge in [-0.3, -0.25) is 9.59 Å². The molecule has 0 aliphatic carbocycles. The van der Waals surface area contributed by atoms with Crippen LogP contribution in [0.5, 0.6) is 0 Å². The van der Waals surface area contributed by atoms with Crippen LogP contribution in [0.4, 0.5) is 8.78 Å². The second kappa shape index (κ2) is 5.42. The van der Waals surface area contributed by atoms with E-state index in [4.69, 9.17) is 0 Å². The largest absolute Gasteiger partial charge is 0.343 e. The number of benzene rings is 1. The van der Waals surface area contributed by atoms with Gasteiger partial charge in [0.05, 0.1) is 0 Å². The van der Waals surface area contributed by atoms with Gasteiger partial charge in [0, 0.05) is 12.1 Å². The van der Waals surface area contributed by atoms with Crippen molar-refractivity contribution < 1.29 is 18.4 Å². The molecule has 21 heavy (non-hydrogen) atoms. The van der Waals surface area contributed by atoms with Crippen molar-refractivity contribution >= 4 is 11.8 Å². The number of hydrogen-bond donors (Lipinski definition) is 1. The number of nitrogens with one attached hydrogen (secondary N) is 1. The first kappa shape index (κ1) is 15.4. The molecule has 1 aliphatic rings. The molecule has 114 valence electrons. The van der Waals surface area contributed by atoms with E-state index >= 15 is 0 Å². The molecule has 2 unspecified atom stereocenters. The number of carbonyl (C=O) groups excluding carboxylic acids is 2. The molecule has 0 bridgehead atoms. The lowest BCUT2D eigenvalue weighted by Crippen LogP contribution is -2.68. The van der Waals surface area contributed by atoms with Crippen molar-refractivity contribution in [2.24, 2.45) is 0 Å². The van der Waals surface area contributed by atoms with E-state index in [0.29, 0.717) is 6.42 Å². The molecule has 2 atom stereocenters. The highest BCUT2D eigenvalue weighted by atomic mass is 19.2. The second-order valence-corrected chi connectivity index (χ2v) is 5.46. The number of nitrogens with zero attached hydrogens (tertiary/aromatic N) is 1. The molecule has 6 heteroatoms. The van der Waals surface area contributed by atoms with Gasteiger partial charge in [0.2, 0.25) is 11.8 Å². The maximum Gasteiger partial charge on any atom is 0.246 e. The van der Waals surface area contributed by atoms with Crippen LogP contribution in [0, 0.1) is 11.6 Å². The lowest BCUT2D eigenvalue weighted by molar-refractivity contribution is -0.157. The van der Waals surface area contributed by atoms with Crippen LogP contribution in [0.25, 0.3) is 0 Å². The highest BCUT2D eigenvalue weighted by Crippen LogP contribution is 2.28. The topological polar surface area (TPSA) is 49.4 Å². The van der Waals surface area contributed by atoms with Crippen LogP contribution in [0.15, 0.2) is 18.2 Å². The predicted octanol–water partition coefficient (Wildman–Crippen LogP) is 1.98. The van der Waals surface area contributed by atoms with Gasteiger partial charge < -0.3 is 10.2 Å². The Morgan fingerprint density at radius 2 is 2.00 bits per heavy atom. The number of piperazine rings is 1. The standard InChI is InChI=1S/C15H18F2N2O2/c1-4-15(3)14(21)18-9(2)13(20)19(15)8-10-6-5-7-11(16)12(10)17/h5-7,9H,4,8H2,1-3H3,(H,18,21). The Balaban J connectivity index is 2.40. The molecule has 0 aromatic heterocycles. The van der Waals surface area contributed by atoms with Crippen molar-refractivity contribution in [3.63, 3.8) is 0 Å². The van der Waals surface area contributed by atoms with Gasteiger partial charge in [-0.25, -0.2) is 8.78 Å². The van der Waals surface area contributed by atoms with Gasteiger partial charge >= 0.3 is 0 Å². The Labute approximate surface area is 122 Å². The Hall–Kier alpha value is -1.98. The zero-order valence-corrected chi connectivity index (χ0v) is 12.2. The third-order valence-electron chi connectivity index (χ3n) is 4.12. The molecular formula is C15H18F2N2O2. The fourth-order valence-electron chi connectivity index (χ4n) is 2.46. The van der Waals surface area contributed by atoms with E-state index in [0.717, 1.165) is 6.07 Å².